The van der Waals surface area contributed by atoms with Crippen molar-refractivity contribution < 1.29 is 22.7 Å². The smallest absolute Gasteiger partial charge is 0.248 e. The minimum Gasteiger partial charge on any atom is -0.496 e. The molecule has 3 rings (SSSR count). The first-order valence-electron chi connectivity index (χ1n) is 8.91. The lowest BCUT2D eigenvalue weighted by Crippen LogP contribution is -2.40. The molecule has 0 atom stereocenters. The van der Waals surface area contributed by atoms with Gasteiger partial charge < -0.3 is 14.8 Å². The van der Waals surface area contributed by atoms with Crippen LogP contribution in [0, 0.1) is 0 Å². The van der Waals surface area contributed by atoms with Crippen molar-refractivity contribution in [3.8, 4) is 5.75 Å². The number of nitrogens with one attached hydrogen (secondary N) is 1. The van der Waals surface area contributed by atoms with Gasteiger partial charge in [-0.25, -0.2) is 8.42 Å². The number of rotatable bonds is 6. The first-order valence-corrected chi connectivity index (χ1v) is 11.1. The summed E-state index contributed by atoms with van der Waals surface area (Å²) in [6, 6.07) is 11.7. The molecule has 1 aliphatic rings. The zero-order valence-corrected chi connectivity index (χ0v) is 18.2. The summed E-state index contributed by atoms with van der Waals surface area (Å²) in [6.45, 7) is 1.39. The Morgan fingerprint density at radius 3 is 2.66 bits per heavy atom. The van der Waals surface area contributed by atoms with Gasteiger partial charge in [-0.1, -0.05) is 12.1 Å². The minimum atomic E-state index is -3.62. The highest BCUT2D eigenvalue weighted by atomic mass is 79.9. The van der Waals surface area contributed by atoms with E-state index in [2.05, 4.69) is 21.2 Å². The average Bonchev–Trinajstić information content (AvgIpc) is 2.73. The van der Waals surface area contributed by atoms with Crippen molar-refractivity contribution in [3.63, 3.8) is 0 Å². The fraction of sp³-hybridized carbons (Fsp3) is 0.250. The van der Waals surface area contributed by atoms with Crippen LogP contribution in [0.2, 0.25) is 0 Å². The van der Waals surface area contributed by atoms with Gasteiger partial charge in [0.25, 0.3) is 0 Å². The van der Waals surface area contributed by atoms with Gasteiger partial charge in [0.1, 0.15) is 5.75 Å². The second-order valence-corrected chi connectivity index (χ2v) is 9.05. The Morgan fingerprint density at radius 2 is 1.97 bits per heavy atom. The summed E-state index contributed by atoms with van der Waals surface area (Å²) in [7, 11) is -2.04. The van der Waals surface area contributed by atoms with Gasteiger partial charge in [0.05, 0.1) is 29.7 Å². The maximum atomic E-state index is 12.7. The molecule has 1 saturated heterocycles. The number of hydrogen-bond donors (Lipinski definition) is 1. The van der Waals surface area contributed by atoms with Crippen LogP contribution in [0.3, 0.4) is 0 Å². The quantitative estimate of drug-likeness (QED) is 0.641. The number of carbonyl (C=O) groups is 1. The molecule has 1 aliphatic heterocycles. The van der Waals surface area contributed by atoms with Crippen LogP contribution in [0.25, 0.3) is 6.08 Å². The Bertz CT molecular complexity index is 1020. The van der Waals surface area contributed by atoms with Gasteiger partial charge in [0, 0.05) is 24.9 Å². The van der Waals surface area contributed by atoms with E-state index in [4.69, 9.17) is 9.47 Å². The van der Waals surface area contributed by atoms with Gasteiger partial charge in [0.2, 0.25) is 15.9 Å². The molecule has 2 aromatic rings. The van der Waals surface area contributed by atoms with E-state index < -0.39 is 10.0 Å². The lowest BCUT2D eigenvalue weighted by Gasteiger charge is -2.26. The van der Waals surface area contributed by atoms with Crippen LogP contribution in [0.1, 0.15) is 5.56 Å². The highest BCUT2D eigenvalue weighted by Gasteiger charge is 2.26. The first kappa shape index (κ1) is 21.5. The van der Waals surface area contributed by atoms with Crippen molar-refractivity contribution in [2.24, 2.45) is 0 Å². The maximum Gasteiger partial charge on any atom is 0.248 e. The molecule has 0 aromatic heterocycles. The van der Waals surface area contributed by atoms with E-state index in [1.54, 1.807) is 31.4 Å². The molecule has 7 nitrogen and oxygen atoms in total. The van der Waals surface area contributed by atoms with Crippen molar-refractivity contribution in [1.82, 2.24) is 4.31 Å². The van der Waals surface area contributed by atoms with Crippen molar-refractivity contribution in [2.75, 3.05) is 38.7 Å². The summed E-state index contributed by atoms with van der Waals surface area (Å²) in [6.07, 6.45) is 3.05. The Kier molecular flexibility index (Phi) is 7.07. The van der Waals surface area contributed by atoms with Crippen molar-refractivity contribution in [1.29, 1.82) is 0 Å². The van der Waals surface area contributed by atoms with Crippen LogP contribution in [-0.2, 0) is 19.6 Å². The average molecular weight is 481 g/mol. The largest absolute Gasteiger partial charge is 0.496 e. The summed E-state index contributed by atoms with van der Waals surface area (Å²) in [5.74, 6) is 0.336. The first-order chi connectivity index (χ1) is 13.9. The SMILES string of the molecule is COc1ccc(C=CC(=O)Nc2cccc(S(=O)(=O)N3CCOCC3)c2)cc1Br. The number of hydrogen-bond acceptors (Lipinski definition) is 5. The van der Waals surface area contributed by atoms with E-state index >= 15 is 0 Å². The number of amides is 1. The van der Waals surface area contributed by atoms with Gasteiger partial charge in [-0.05, 0) is 57.9 Å². The number of nitrogens with zero attached hydrogens (tertiary/aromatic N) is 1. The number of benzene rings is 2. The molecule has 1 N–H and O–H groups in total. The summed E-state index contributed by atoms with van der Waals surface area (Å²) in [5, 5.41) is 2.69. The molecule has 0 aliphatic carbocycles. The highest BCUT2D eigenvalue weighted by Crippen LogP contribution is 2.26. The third-order valence-corrected chi connectivity index (χ3v) is 6.83. The second-order valence-electron chi connectivity index (χ2n) is 6.26. The molecule has 154 valence electrons. The van der Waals surface area contributed by atoms with Crippen LogP contribution in [-0.4, -0.2) is 52.0 Å². The van der Waals surface area contributed by atoms with Crippen LogP contribution in [0.4, 0.5) is 5.69 Å². The molecular weight excluding hydrogens is 460 g/mol. The number of halogens is 1. The summed E-state index contributed by atoms with van der Waals surface area (Å²) < 4.78 is 38.1. The Morgan fingerprint density at radius 1 is 1.21 bits per heavy atom. The van der Waals surface area contributed by atoms with Gasteiger partial charge in [-0.3, -0.25) is 4.79 Å². The molecule has 0 radical (unpaired) electrons. The van der Waals surface area contributed by atoms with Gasteiger partial charge in [-0.15, -0.1) is 0 Å². The molecule has 1 fully saturated rings. The predicted molar refractivity (Wildman–Crippen MR) is 114 cm³/mol. The molecule has 2 aromatic carbocycles. The van der Waals surface area contributed by atoms with E-state index in [0.29, 0.717) is 37.7 Å². The van der Waals surface area contributed by atoms with Gasteiger partial charge in [0.15, 0.2) is 0 Å². The summed E-state index contributed by atoms with van der Waals surface area (Å²) in [5.41, 5.74) is 1.22. The van der Waals surface area contributed by atoms with E-state index in [0.717, 1.165) is 10.0 Å². The Hall–Kier alpha value is -2.20. The molecule has 1 amide bonds. The van der Waals surface area contributed by atoms with Crippen LogP contribution in [0.5, 0.6) is 5.75 Å². The van der Waals surface area contributed by atoms with Crippen molar-refractivity contribution >= 4 is 43.6 Å². The van der Waals surface area contributed by atoms with E-state index in [1.165, 1.54) is 22.5 Å². The zero-order valence-electron chi connectivity index (χ0n) is 15.8. The number of sulfonamides is 1. The van der Waals surface area contributed by atoms with Crippen LogP contribution in [0.15, 0.2) is 57.9 Å². The third-order valence-electron chi connectivity index (χ3n) is 4.31. The molecule has 0 spiro atoms. The standard InChI is InChI=1S/C20H21BrN2O5S/c1-27-19-7-5-15(13-18(19)21)6-8-20(24)22-16-3-2-4-17(14-16)29(25,26)23-9-11-28-12-10-23/h2-8,13-14H,9-12H2,1H3,(H,22,24). The fourth-order valence-corrected chi connectivity index (χ4v) is 4.83. The number of anilines is 1. The Labute approximate surface area is 178 Å². The molecule has 9 heteroatoms. The third kappa shape index (κ3) is 5.45. The number of ether oxygens (including phenoxy) is 2. The normalized spacial score (nSPS) is 15.4. The maximum absolute atomic E-state index is 12.7. The monoisotopic (exact) mass is 480 g/mol. The van der Waals surface area contributed by atoms with Gasteiger partial charge in [-0.2, -0.15) is 4.31 Å². The minimum absolute atomic E-state index is 0.139. The molecule has 0 bridgehead atoms. The van der Waals surface area contributed by atoms with Crippen molar-refractivity contribution in [2.45, 2.75) is 4.90 Å². The summed E-state index contributed by atoms with van der Waals surface area (Å²) in [4.78, 5) is 12.4. The fourth-order valence-electron chi connectivity index (χ4n) is 2.81. The number of morpholine rings is 1. The van der Waals surface area contributed by atoms with E-state index in [-0.39, 0.29) is 10.8 Å². The molecule has 0 saturated carbocycles. The molecule has 0 unspecified atom stereocenters. The molecular formula is C20H21BrN2O5S. The topological polar surface area (TPSA) is 84.9 Å². The van der Waals surface area contributed by atoms with Crippen LogP contribution >= 0.6 is 15.9 Å². The lowest BCUT2D eigenvalue weighted by atomic mass is 10.2. The lowest BCUT2D eigenvalue weighted by molar-refractivity contribution is -0.111. The van der Waals surface area contributed by atoms with Crippen LogP contribution < -0.4 is 10.1 Å². The van der Waals surface area contributed by atoms with Crippen molar-refractivity contribution in [3.05, 3.63) is 58.6 Å². The Balaban J connectivity index is 1.69. The number of methoxy groups -OCH3 is 1. The summed E-state index contributed by atoms with van der Waals surface area (Å²) >= 11 is 3.40. The second kappa shape index (κ2) is 9.53. The van der Waals surface area contributed by atoms with E-state index in [9.17, 15) is 13.2 Å². The zero-order chi connectivity index (χ0) is 20.9. The van der Waals surface area contributed by atoms with Gasteiger partial charge >= 0.3 is 0 Å². The highest BCUT2D eigenvalue weighted by molar-refractivity contribution is 9.10. The van der Waals surface area contributed by atoms with E-state index in [1.807, 2.05) is 12.1 Å². The number of carbonyl (C=O) groups excluding carboxylic acids is 1. The molecule has 1 heterocycles. The predicted octanol–water partition coefficient (Wildman–Crippen LogP) is 3.13. The molecule has 29 heavy (non-hydrogen) atoms.